The van der Waals surface area contributed by atoms with Crippen molar-refractivity contribution in [2.45, 2.75) is 6.61 Å². The Morgan fingerprint density at radius 2 is 1.83 bits per heavy atom. The van der Waals surface area contributed by atoms with Crippen LogP contribution in [0.3, 0.4) is 0 Å². The highest BCUT2D eigenvalue weighted by Crippen LogP contribution is 2.27. The monoisotopic (exact) mass is 310 g/mol. The SMILES string of the molecule is COc1ccccc1-c1noc(COc2ccccc2C=O)n1. The summed E-state index contributed by atoms with van der Waals surface area (Å²) in [5.74, 6) is 1.86. The fourth-order valence-electron chi connectivity index (χ4n) is 2.10. The van der Waals surface area contributed by atoms with Crippen molar-refractivity contribution in [3.8, 4) is 22.9 Å². The molecule has 3 aromatic rings. The van der Waals surface area contributed by atoms with Crippen LogP contribution in [-0.4, -0.2) is 23.5 Å². The van der Waals surface area contributed by atoms with Crippen LogP contribution in [0.5, 0.6) is 11.5 Å². The van der Waals surface area contributed by atoms with Crippen molar-refractivity contribution in [3.05, 3.63) is 60.0 Å². The quantitative estimate of drug-likeness (QED) is 0.651. The van der Waals surface area contributed by atoms with E-state index in [1.165, 1.54) is 0 Å². The molecule has 6 nitrogen and oxygen atoms in total. The minimum Gasteiger partial charge on any atom is -0.496 e. The number of ether oxygens (including phenoxy) is 2. The maximum atomic E-state index is 11.0. The number of rotatable bonds is 6. The highest BCUT2D eigenvalue weighted by atomic mass is 16.5. The van der Waals surface area contributed by atoms with E-state index < -0.39 is 0 Å². The van der Waals surface area contributed by atoms with Gasteiger partial charge < -0.3 is 14.0 Å². The number of benzene rings is 2. The van der Waals surface area contributed by atoms with Crippen LogP contribution in [-0.2, 0) is 6.61 Å². The molecule has 0 saturated carbocycles. The van der Waals surface area contributed by atoms with E-state index in [2.05, 4.69) is 10.1 Å². The number of carbonyl (C=O) groups is 1. The molecule has 6 heteroatoms. The second kappa shape index (κ2) is 6.74. The molecule has 23 heavy (non-hydrogen) atoms. The molecule has 116 valence electrons. The first-order chi connectivity index (χ1) is 11.3. The summed E-state index contributed by atoms with van der Waals surface area (Å²) in [6, 6.07) is 14.3. The number of nitrogens with zero attached hydrogens (tertiary/aromatic N) is 2. The standard InChI is InChI=1S/C17H14N2O4/c1-21-15-9-5-3-7-13(15)17-18-16(23-19-17)11-22-14-8-4-2-6-12(14)10-20/h2-10H,11H2,1H3. The lowest BCUT2D eigenvalue weighted by Gasteiger charge is -2.05. The fourth-order valence-corrected chi connectivity index (χ4v) is 2.10. The number of carbonyl (C=O) groups excluding carboxylic acids is 1. The molecule has 0 aliphatic heterocycles. The van der Waals surface area contributed by atoms with E-state index in [-0.39, 0.29) is 6.61 Å². The summed E-state index contributed by atoms with van der Waals surface area (Å²) in [6.45, 7) is 0.0764. The minimum absolute atomic E-state index is 0.0764. The molecule has 0 fully saturated rings. The Morgan fingerprint density at radius 1 is 1.09 bits per heavy atom. The summed E-state index contributed by atoms with van der Waals surface area (Å²) in [7, 11) is 1.58. The molecule has 0 bridgehead atoms. The molecule has 0 amide bonds. The van der Waals surface area contributed by atoms with Gasteiger partial charge in [-0.1, -0.05) is 29.4 Å². The molecule has 0 aliphatic rings. The molecule has 0 unspecified atom stereocenters. The lowest BCUT2D eigenvalue weighted by molar-refractivity contribution is 0.111. The molecule has 3 rings (SSSR count). The van der Waals surface area contributed by atoms with Crippen LogP contribution >= 0.6 is 0 Å². The second-order valence-electron chi connectivity index (χ2n) is 4.66. The molecule has 0 N–H and O–H groups in total. The van der Waals surface area contributed by atoms with Gasteiger partial charge in [0.25, 0.3) is 5.89 Å². The molecule has 2 aromatic carbocycles. The molecule has 0 spiro atoms. The predicted molar refractivity (Wildman–Crippen MR) is 82.4 cm³/mol. The van der Waals surface area contributed by atoms with E-state index in [9.17, 15) is 4.79 Å². The number of methoxy groups -OCH3 is 1. The number of hydrogen-bond acceptors (Lipinski definition) is 6. The lowest BCUT2D eigenvalue weighted by atomic mass is 10.2. The van der Waals surface area contributed by atoms with Gasteiger partial charge in [0.2, 0.25) is 5.82 Å². The van der Waals surface area contributed by atoms with Crippen LogP contribution in [0.25, 0.3) is 11.4 Å². The summed E-state index contributed by atoms with van der Waals surface area (Å²) in [6.07, 6.45) is 0.739. The van der Waals surface area contributed by atoms with Gasteiger partial charge in [-0.15, -0.1) is 0 Å². The van der Waals surface area contributed by atoms with Gasteiger partial charge in [-0.25, -0.2) is 0 Å². The summed E-state index contributed by atoms with van der Waals surface area (Å²) in [5, 5.41) is 3.93. The molecule has 1 heterocycles. The largest absolute Gasteiger partial charge is 0.496 e. The maximum Gasteiger partial charge on any atom is 0.264 e. The van der Waals surface area contributed by atoms with E-state index in [1.54, 1.807) is 31.4 Å². The van der Waals surface area contributed by atoms with Crippen LogP contribution < -0.4 is 9.47 Å². The Morgan fingerprint density at radius 3 is 2.61 bits per heavy atom. The number of hydrogen-bond donors (Lipinski definition) is 0. The molecule has 1 aromatic heterocycles. The van der Waals surface area contributed by atoms with E-state index in [0.717, 1.165) is 11.8 Å². The first-order valence-electron chi connectivity index (χ1n) is 6.95. The van der Waals surface area contributed by atoms with E-state index in [0.29, 0.717) is 28.8 Å². The minimum atomic E-state index is 0.0764. The van der Waals surface area contributed by atoms with Crippen molar-refractivity contribution >= 4 is 6.29 Å². The summed E-state index contributed by atoms with van der Waals surface area (Å²) in [5.41, 5.74) is 1.20. The van der Waals surface area contributed by atoms with Gasteiger partial charge in [-0.2, -0.15) is 4.98 Å². The fraction of sp³-hybridized carbons (Fsp3) is 0.118. The first kappa shape index (κ1) is 14.8. The third-order valence-corrected chi connectivity index (χ3v) is 3.21. The lowest BCUT2D eigenvalue weighted by Crippen LogP contribution is -1.98. The average Bonchev–Trinajstić information content (AvgIpc) is 3.09. The van der Waals surface area contributed by atoms with Gasteiger partial charge in [0.1, 0.15) is 11.5 Å². The Kier molecular flexibility index (Phi) is 4.33. The number of aldehydes is 1. The highest BCUT2D eigenvalue weighted by molar-refractivity contribution is 5.79. The van der Waals surface area contributed by atoms with Crippen molar-refractivity contribution in [2.75, 3.05) is 7.11 Å². The second-order valence-corrected chi connectivity index (χ2v) is 4.66. The molecule has 0 aliphatic carbocycles. The third-order valence-electron chi connectivity index (χ3n) is 3.21. The summed E-state index contributed by atoms with van der Waals surface area (Å²) < 4.78 is 16.0. The first-order valence-corrected chi connectivity index (χ1v) is 6.95. The number of aromatic nitrogens is 2. The Labute approximate surface area is 132 Å². The Hall–Kier alpha value is -3.15. The topological polar surface area (TPSA) is 74.5 Å². The molecule has 0 radical (unpaired) electrons. The van der Waals surface area contributed by atoms with Gasteiger partial charge in [0.15, 0.2) is 12.9 Å². The Balaban J connectivity index is 1.76. The smallest absolute Gasteiger partial charge is 0.264 e. The van der Waals surface area contributed by atoms with Gasteiger partial charge in [-0.3, -0.25) is 4.79 Å². The number of para-hydroxylation sites is 2. The summed E-state index contributed by atoms with van der Waals surface area (Å²) >= 11 is 0. The van der Waals surface area contributed by atoms with E-state index in [4.69, 9.17) is 14.0 Å². The van der Waals surface area contributed by atoms with Crippen molar-refractivity contribution in [2.24, 2.45) is 0 Å². The van der Waals surface area contributed by atoms with Crippen LogP contribution in [0, 0.1) is 0 Å². The van der Waals surface area contributed by atoms with Crippen molar-refractivity contribution in [3.63, 3.8) is 0 Å². The highest BCUT2D eigenvalue weighted by Gasteiger charge is 2.13. The van der Waals surface area contributed by atoms with Crippen molar-refractivity contribution in [1.29, 1.82) is 0 Å². The average molecular weight is 310 g/mol. The van der Waals surface area contributed by atoms with E-state index >= 15 is 0 Å². The Bertz CT molecular complexity index is 814. The van der Waals surface area contributed by atoms with Crippen molar-refractivity contribution < 1.29 is 18.8 Å². The van der Waals surface area contributed by atoms with Gasteiger partial charge >= 0.3 is 0 Å². The molecule has 0 saturated heterocycles. The van der Waals surface area contributed by atoms with E-state index in [1.807, 2.05) is 24.3 Å². The molecular weight excluding hydrogens is 296 g/mol. The summed E-state index contributed by atoms with van der Waals surface area (Å²) in [4.78, 5) is 15.2. The van der Waals surface area contributed by atoms with Gasteiger partial charge in [0, 0.05) is 0 Å². The van der Waals surface area contributed by atoms with Gasteiger partial charge in [0.05, 0.1) is 18.2 Å². The van der Waals surface area contributed by atoms with Crippen LogP contribution in [0.4, 0.5) is 0 Å². The van der Waals surface area contributed by atoms with Crippen LogP contribution in [0.2, 0.25) is 0 Å². The zero-order chi connectivity index (χ0) is 16.1. The molecular formula is C17H14N2O4. The zero-order valence-corrected chi connectivity index (χ0v) is 12.4. The van der Waals surface area contributed by atoms with Crippen LogP contribution in [0.1, 0.15) is 16.2 Å². The van der Waals surface area contributed by atoms with Crippen molar-refractivity contribution in [1.82, 2.24) is 10.1 Å². The normalized spacial score (nSPS) is 10.3. The third kappa shape index (κ3) is 3.21. The van der Waals surface area contributed by atoms with Crippen LogP contribution in [0.15, 0.2) is 53.1 Å². The molecule has 0 atom stereocenters. The zero-order valence-electron chi connectivity index (χ0n) is 12.4. The van der Waals surface area contributed by atoms with Gasteiger partial charge in [-0.05, 0) is 24.3 Å². The maximum absolute atomic E-state index is 11.0. The predicted octanol–water partition coefficient (Wildman–Crippen LogP) is 3.14.